The average Bonchev–Trinajstić information content (AvgIpc) is 2.69. The van der Waals surface area contributed by atoms with Gasteiger partial charge < -0.3 is 5.32 Å². The maximum atomic E-state index is 13.3. The number of rotatable bonds is 6. The number of nitrogens with zero attached hydrogens (tertiary/aromatic N) is 1. The number of sulfonamides is 1. The minimum atomic E-state index is -4.00. The Morgan fingerprint density at radius 1 is 1.03 bits per heavy atom. The summed E-state index contributed by atoms with van der Waals surface area (Å²) in [5, 5.41) is 2.55. The number of hydrogen-bond donors (Lipinski definition) is 1. The topological polar surface area (TPSA) is 66.5 Å². The Hall–Kier alpha value is -2.90. The lowest BCUT2D eigenvalue weighted by Crippen LogP contribution is -2.38. The lowest BCUT2D eigenvalue weighted by atomic mass is 10.2. The van der Waals surface area contributed by atoms with E-state index in [-0.39, 0.29) is 15.6 Å². The number of carbonyl (C=O) groups is 1. The number of anilines is 2. The molecule has 0 unspecified atom stereocenters. The van der Waals surface area contributed by atoms with Gasteiger partial charge in [-0.15, -0.1) is 0 Å². The zero-order valence-corrected chi connectivity index (χ0v) is 17.0. The number of aryl methyl sites for hydroxylation is 1. The number of para-hydroxylation sites is 1. The van der Waals surface area contributed by atoms with Crippen molar-refractivity contribution >= 4 is 38.9 Å². The summed E-state index contributed by atoms with van der Waals surface area (Å²) >= 11 is 5.94. The third kappa shape index (κ3) is 4.93. The molecule has 0 saturated heterocycles. The lowest BCUT2D eigenvalue weighted by molar-refractivity contribution is -0.114. The Morgan fingerprint density at radius 3 is 2.41 bits per heavy atom. The van der Waals surface area contributed by atoms with E-state index in [2.05, 4.69) is 5.32 Å². The molecule has 3 aromatic carbocycles. The Kier molecular flexibility index (Phi) is 6.20. The second-order valence-corrected chi connectivity index (χ2v) is 8.61. The van der Waals surface area contributed by atoms with Gasteiger partial charge in [0.2, 0.25) is 5.91 Å². The van der Waals surface area contributed by atoms with Gasteiger partial charge in [0, 0.05) is 0 Å². The zero-order valence-electron chi connectivity index (χ0n) is 15.5. The predicted molar refractivity (Wildman–Crippen MR) is 112 cm³/mol. The molecule has 0 aliphatic heterocycles. The first-order chi connectivity index (χ1) is 13.8. The molecule has 3 aromatic rings. The van der Waals surface area contributed by atoms with E-state index >= 15 is 0 Å². The summed E-state index contributed by atoms with van der Waals surface area (Å²) in [4.78, 5) is 12.7. The molecule has 0 radical (unpaired) electrons. The Morgan fingerprint density at radius 2 is 1.76 bits per heavy atom. The fourth-order valence-electron chi connectivity index (χ4n) is 2.72. The molecule has 0 fully saturated rings. The van der Waals surface area contributed by atoms with Gasteiger partial charge in [-0.2, -0.15) is 0 Å². The molecule has 3 rings (SSSR count). The van der Waals surface area contributed by atoms with E-state index in [0.717, 1.165) is 22.0 Å². The summed E-state index contributed by atoms with van der Waals surface area (Å²) in [6, 6.07) is 18.3. The molecule has 150 valence electrons. The van der Waals surface area contributed by atoms with E-state index in [9.17, 15) is 17.6 Å². The predicted octanol–water partition coefficient (Wildman–Crippen LogP) is 4.62. The second-order valence-electron chi connectivity index (χ2n) is 6.34. The van der Waals surface area contributed by atoms with Crippen LogP contribution in [0.15, 0.2) is 77.7 Å². The highest BCUT2D eigenvalue weighted by atomic mass is 35.5. The first kappa shape index (κ1) is 20.8. The second kappa shape index (κ2) is 8.63. The standard InChI is InChI=1S/C21H18ClFN2O3S/c1-15-6-5-9-18(12-15)29(27,28)25(17-7-3-2-4-8-17)14-21(26)24-20-11-10-16(23)13-19(20)22/h2-13H,14H2,1H3,(H,24,26). The number of carbonyl (C=O) groups excluding carboxylic acids is 1. The Bertz CT molecular complexity index is 1140. The Balaban J connectivity index is 1.93. The van der Waals surface area contributed by atoms with Crippen molar-refractivity contribution in [2.24, 2.45) is 0 Å². The highest BCUT2D eigenvalue weighted by Crippen LogP contribution is 2.25. The van der Waals surface area contributed by atoms with Crippen molar-refractivity contribution in [3.05, 3.63) is 89.2 Å². The van der Waals surface area contributed by atoms with Crippen LogP contribution in [0.3, 0.4) is 0 Å². The fraction of sp³-hybridized carbons (Fsp3) is 0.0952. The van der Waals surface area contributed by atoms with Crippen molar-refractivity contribution in [3.63, 3.8) is 0 Å². The minimum absolute atomic E-state index is 0.0196. The molecule has 8 heteroatoms. The third-order valence-electron chi connectivity index (χ3n) is 4.11. The van der Waals surface area contributed by atoms with Gasteiger partial charge in [0.25, 0.3) is 10.0 Å². The number of hydrogen-bond acceptors (Lipinski definition) is 3. The minimum Gasteiger partial charge on any atom is -0.323 e. The maximum absolute atomic E-state index is 13.3. The number of nitrogens with one attached hydrogen (secondary N) is 1. The zero-order chi connectivity index (χ0) is 21.0. The summed E-state index contributed by atoms with van der Waals surface area (Å²) in [7, 11) is -4.00. The average molecular weight is 433 g/mol. The fourth-order valence-corrected chi connectivity index (χ4v) is 4.46. The molecule has 1 amide bonds. The summed E-state index contributed by atoms with van der Waals surface area (Å²) in [6.07, 6.45) is 0. The van der Waals surface area contributed by atoms with Crippen molar-refractivity contribution in [2.45, 2.75) is 11.8 Å². The van der Waals surface area contributed by atoms with Crippen LogP contribution in [-0.2, 0) is 14.8 Å². The molecule has 0 atom stereocenters. The molecular formula is C21H18ClFN2O3S. The van der Waals surface area contributed by atoms with Crippen molar-refractivity contribution in [1.82, 2.24) is 0 Å². The molecule has 0 aliphatic carbocycles. The first-order valence-corrected chi connectivity index (χ1v) is 10.5. The van der Waals surface area contributed by atoms with Crippen molar-refractivity contribution in [3.8, 4) is 0 Å². The molecule has 0 bridgehead atoms. The van der Waals surface area contributed by atoms with E-state index in [0.29, 0.717) is 5.69 Å². The van der Waals surface area contributed by atoms with Gasteiger partial charge in [0.05, 0.1) is 21.3 Å². The van der Waals surface area contributed by atoms with Crippen molar-refractivity contribution in [1.29, 1.82) is 0 Å². The summed E-state index contributed by atoms with van der Waals surface area (Å²) in [5.74, 6) is -1.15. The van der Waals surface area contributed by atoms with Crippen LogP contribution in [0.2, 0.25) is 5.02 Å². The SMILES string of the molecule is Cc1cccc(S(=O)(=O)N(CC(=O)Nc2ccc(F)cc2Cl)c2ccccc2)c1. The maximum Gasteiger partial charge on any atom is 0.264 e. The molecule has 0 aromatic heterocycles. The van der Waals surface area contributed by atoms with E-state index in [1.807, 2.05) is 0 Å². The molecule has 0 heterocycles. The summed E-state index contributed by atoms with van der Waals surface area (Å²) in [6.45, 7) is 1.31. The van der Waals surface area contributed by atoms with Crippen LogP contribution in [-0.4, -0.2) is 20.9 Å². The lowest BCUT2D eigenvalue weighted by Gasteiger charge is -2.24. The van der Waals surface area contributed by atoms with E-state index in [4.69, 9.17) is 11.6 Å². The van der Waals surface area contributed by atoms with Crippen LogP contribution in [0.4, 0.5) is 15.8 Å². The van der Waals surface area contributed by atoms with Crippen LogP contribution >= 0.6 is 11.6 Å². The van der Waals surface area contributed by atoms with Gasteiger partial charge in [0.15, 0.2) is 0 Å². The Labute approximate surface area is 173 Å². The first-order valence-electron chi connectivity index (χ1n) is 8.67. The highest BCUT2D eigenvalue weighted by Gasteiger charge is 2.27. The van der Waals surface area contributed by atoms with Gasteiger partial charge in [-0.05, 0) is 55.0 Å². The summed E-state index contributed by atoms with van der Waals surface area (Å²) < 4.78 is 40.7. The van der Waals surface area contributed by atoms with Crippen LogP contribution < -0.4 is 9.62 Å². The molecule has 0 saturated carbocycles. The van der Waals surface area contributed by atoms with Gasteiger partial charge in [-0.1, -0.05) is 41.9 Å². The van der Waals surface area contributed by atoms with Gasteiger partial charge >= 0.3 is 0 Å². The normalized spacial score (nSPS) is 11.1. The van der Waals surface area contributed by atoms with Gasteiger partial charge in [-0.3, -0.25) is 9.10 Å². The largest absolute Gasteiger partial charge is 0.323 e. The molecule has 29 heavy (non-hydrogen) atoms. The van der Waals surface area contributed by atoms with Gasteiger partial charge in [-0.25, -0.2) is 12.8 Å². The van der Waals surface area contributed by atoms with E-state index in [1.165, 1.54) is 12.1 Å². The third-order valence-corrected chi connectivity index (χ3v) is 6.20. The highest BCUT2D eigenvalue weighted by molar-refractivity contribution is 7.92. The van der Waals surface area contributed by atoms with E-state index in [1.54, 1.807) is 55.5 Å². The van der Waals surface area contributed by atoms with Crippen LogP contribution in [0.25, 0.3) is 0 Å². The van der Waals surface area contributed by atoms with Crippen LogP contribution in [0.1, 0.15) is 5.56 Å². The molecular weight excluding hydrogens is 415 g/mol. The van der Waals surface area contributed by atoms with Crippen molar-refractivity contribution in [2.75, 3.05) is 16.2 Å². The van der Waals surface area contributed by atoms with Crippen molar-refractivity contribution < 1.29 is 17.6 Å². The molecule has 1 N–H and O–H groups in total. The summed E-state index contributed by atoms with van der Waals surface area (Å²) in [5.41, 5.74) is 1.31. The van der Waals surface area contributed by atoms with E-state index < -0.39 is 28.3 Å². The monoisotopic (exact) mass is 432 g/mol. The number of halogens is 2. The molecule has 0 spiro atoms. The van der Waals surface area contributed by atoms with Crippen LogP contribution in [0.5, 0.6) is 0 Å². The van der Waals surface area contributed by atoms with Crippen LogP contribution in [0, 0.1) is 12.7 Å². The molecule has 5 nitrogen and oxygen atoms in total. The van der Waals surface area contributed by atoms with Gasteiger partial charge in [0.1, 0.15) is 12.4 Å². The smallest absolute Gasteiger partial charge is 0.264 e. The molecule has 0 aliphatic rings. The number of benzene rings is 3. The quantitative estimate of drug-likeness (QED) is 0.618. The number of amides is 1.